The molecule has 2 N–H and O–H groups in total. The van der Waals surface area contributed by atoms with Gasteiger partial charge in [0.05, 0.1) is 0 Å². The summed E-state index contributed by atoms with van der Waals surface area (Å²) in [5.74, 6) is 0.165. The lowest BCUT2D eigenvalue weighted by Gasteiger charge is -2.31. The second-order valence-corrected chi connectivity index (χ2v) is 5.28. The summed E-state index contributed by atoms with van der Waals surface area (Å²) < 4.78 is 29.1. The molecule has 0 aliphatic carbocycles. The molecule has 1 aliphatic rings. The van der Waals surface area contributed by atoms with Crippen molar-refractivity contribution in [2.24, 2.45) is 5.92 Å². The quantitative estimate of drug-likeness (QED) is 0.876. The van der Waals surface area contributed by atoms with Crippen molar-refractivity contribution in [1.29, 1.82) is 0 Å². The molecule has 0 aromatic heterocycles. The molecule has 1 atom stereocenters. The van der Waals surface area contributed by atoms with Crippen LogP contribution in [0.1, 0.15) is 18.4 Å². The van der Waals surface area contributed by atoms with Crippen LogP contribution in [0.5, 0.6) is 5.75 Å². The number of carbonyl (C=O) groups is 1. The van der Waals surface area contributed by atoms with Crippen molar-refractivity contribution in [3.8, 4) is 5.75 Å². The maximum Gasteiger partial charge on any atom is 0.387 e. The topological polar surface area (TPSA) is 61.8 Å². The first-order chi connectivity index (χ1) is 10.6. The molecule has 1 aromatic carbocycles. The van der Waals surface area contributed by atoms with Crippen LogP contribution in [-0.2, 0) is 6.54 Å². The van der Waals surface area contributed by atoms with Gasteiger partial charge in [-0.05, 0) is 24.8 Å². The Labute approximate surface area is 127 Å². The van der Waals surface area contributed by atoms with E-state index in [0.29, 0.717) is 18.7 Å². The van der Waals surface area contributed by atoms with E-state index in [9.17, 15) is 18.7 Å². The van der Waals surface area contributed by atoms with Gasteiger partial charge in [0.1, 0.15) is 5.75 Å². The first-order valence-electron chi connectivity index (χ1n) is 7.26. The van der Waals surface area contributed by atoms with E-state index in [4.69, 9.17) is 0 Å². The summed E-state index contributed by atoms with van der Waals surface area (Å²) in [6.45, 7) is -1.57. The summed E-state index contributed by atoms with van der Waals surface area (Å²) in [6.07, 6.45) is 1.76. The molecule has 2 rings (SSSR count). The van der Waals surface area contributed by atoms with Crippen molar-refractivity contribution in [3.63, 3.8) is 0 Å². The lowest BCUT2D eigenvalue weighted by molar-refractivity contribution is -0.0504. The maximum absolute atomic E-state index is 12.3. The van der Waals surface area contributed by atoms with E-state index in [1.807, 2.05) is 0 Å². The maximum atomic E-state index is 12.3. The predicted molar refractivity (Wildman–Crippen MR) is 76.7 cm³/mol. The normalized spacial score (nSPS) is 18.4. The Bertz CT molecular complexity index is 499. The molecule has 1 aromatic rings. The number of benzene rings is 1. The van der Waals surface area contributed by atoms with Crippen LogP contribution in [0.25, 0.3) is 0 Å². The predicted octanol–water partition coefficient (Wildman–Crippen LogP) is 2.20. The number of urea groups is 1. The van der Waals surface area contributed by atoms with Gasteiger partial charge in [-0.2, -0.15) is 8.78 Å². The number of aliphatic hydroxyl groups is 1. The number of para-hydroxylation sites is 1. The van der Waals surface area contributed by atoms with Crippen LogP contribution in [0.2, 0.25) is 0 Å². The third kappa shape index (κ3) is 4.56. The number of halogens is 2. The van der Waals surface area contributed by atoms with Crippen LogP contribution in [0.4, 0.5) is 13.6 Å². The van der Waals surface area contributed by atoms with Crippen LogP contribution in [0.3, 0.4) is 0 Å². The van der Waals surface area contributed by atoms with E-state index in [-0.39, 0.29) is 30.9 Å². The third-order valence-corrected chi connectivity index (χ3v) is 3.68. The van der Waals surface area contributed by atoms with Crippen LogP contribution in [-0.4, -0.2) is 42.3 Å². The monoisotopic (exact) mass is 314 g/mol. The zero-order chi connectivity index (χ0) is 15.9. The van der Waals surface area contributed by atoms with E-state index in [1.54, 1.807) is 23.1 Å². The van der Waals surface area contributed by atoms with Crippen molar-refractivity contribution in [1.82, 2.24) is 10.2 Å². The van der Waals surface area contributed by atoms with Crippen molar-refractivity contribution in [2.75, 3.05) is 19.7 Å². The lowest BCUT2D eigenvalue weighted by atomic mass is 9.99. The second kappa shape index (κ2) is 7.93. The highest BCUT2D eigenvalue weighted by Crippen LogP contribution is 2.20. The highest BCUT2D eigenvalue weighted by atomic mass is 19.3. The molecule has 5 nitrogen and oxygen atoms in total. The van der Waals surface area contributed by atoms with Crippen molar-refractivity contribution in [2.45, 2.75) is 26.0 Å². The van der Waals surface area contributed by atoms with Crippen molar-refractivity contribution in [3.05, 3.63) is 29.8 Å². The van der Waals surface area contributed by atoms with Gasteiger partial charge in [-0.1, -0.05) is 18.2 Å². The molecule has 1 aliphatic heterocycles. The molecular weight excluding hydrogens is 294 g/mol. The number of hydrogen-bond donors (Lipinski definition) is 2. The van der Waals surface area contributed by atoms with Gasteiger partial charge < -0.3 is 20.1 Å². The zero-order valence-electron chi connectivity index (χ0n) is 12.2. The van der Waals surface area contributed by atoms with Crippen molar-refractivity contribution >= 4 is 6.03 Å². The first-order valence-corrected chi connectivity index (χ1v) is 7.26. The number of nitrogens with one attached hydrogen (secondary N) is 1. The molecule has 1 heterocycles. The van der Waals surface area contributed by atoms with E-state index >= 15 is 0 Å². The lowest BCUT2D eigenvalue weighted by Crippen LogP contribution is -2.45. The van der Waals surface area contributed by atoms with Crippen LogP contribution < -0.4 is 10.1 Å². The fourth-order valence-corrected chi connectivity index (χ4v) is 2.54. The van der Waals surface area contributed by atoms with Crippen LogP contribution in [0.15, 0.2) is 24.3 Å². The number of nitrogens with zero attached hydrogens (tertiary/aromatic N) is 1. The smallest absolute Gasteiger partial charge is 0.387 e. The number of amides is 2. The highest BCUT2D eigenvalue weighted by Gasteiger charge is 2.23. The molecule has 2 amide bonds. The molecular formula is C15H20F2N2O3. The number of rotatable bonds is 5. The SMILES string of the molecule is O=C(NCc1ccccc1OC(F)F)N1CCCC(CO)C1. The number of carbonyl (C=O) groups excluding carboxylic acids is 1. The number of ether oxygens (including phenoxy) is 1. The van der Waals surface area contributed by atoms with E-state index in [1.165, 1.54) is 6.07 Å². The van der Waals surface area contributed by atoms with Gasteiger partial charge >= 0.3 is 12.6 Å². The average Bonchev–Trinajstić information content (AvgIpc) is 2.53. The Hall–Kier alpha value is -1.89. The van der Waals surface area contributed by atoms with Gasteiger partial charge in [0, 0.05) is 31.8 Å². The van der Waals surface area contributed by atoms with Gasteiger partial charge in [-0.25, -0.2) is 4.79 Å². The molecule has 1 fully saturated rings. The minimum atomic E-state index is -2.90. The first kappa shape index (κ1) is 16.5. The summed E-state index contributed by atoms with van der Waals surface area (Å²) in [6, 6.07) is 6.10. The second-order valence-electron chi connectivity index (χ2n) is 5.28. The third-order valence-electron chi connectivity index (χ3n) is 3.68. The molecule has 122 valence electrons. The Balaban J connectivity index is 1.91. The summed E-state index contributed by atoms with van der Waals surface area (Å²) in [5.41, 5.74) is 0.492. The summed E-state index contributed by atoms with van der Waals surface area (Å²) in [4.78, 5) is 13.8. The van der Waals surface area contributed by atoms with E-state index < -0.39 is 6.61 Å². The Kier molecular flexibility index (Phi) is 5.94. The molecule has 0 radical (unpaired) electrons. The van der Waals surface area contributed by atoms with Gasteiger partial charge in [0.15, 0.2) is 0 Å². The van der Waals surface area contributed by atoms with Gasteiger partial charge in [0.2, 0.25) is 0 Å². The fraction of sp³-hybridized carbons (Fsp3) is 0.533. The fourth-order valence-electron chi connectivity index (χ4n) is 2.54. The van der Waals surface area contributed by atoms with E-state index in [0.717, 1.165) is 12.8 Å². The standard InChI is InChI=1S/C15H20F2N2O3/c16-14(17)22-13-6-2-1-5-12(13)8-18-15(21)19-7-3-4-11(9-19)10-20/h1-2,5-6,11,14,20H,3-4,7-10H2,(H,18,21). The number of hydrogen-bond acceptors (Lipinski definition) is 3. The molecule has 0 saturated carbocycles. The largest absolute Gasteiger partial charge is 0.434 e. The number of alkyl halides is 2. The minimum absolute atomic E-state index is 0.0599. The molecule has 1 saturated heterocycles. The van der Waals surface area contributed by atoms with Crippen LogP contribution in [0, 0.1) is 5.92 Å². The van der Waals surface area contributed by atoms with Crippen LogP contribution >= 0.6 is 0 Å². The number of aliphatic hydroxyl groups excluding tert-OH is 1. The Morgan fingerprint density at radius 3 is 2.95 bits per heavy atom. The molecule has 7 heteroatoms. The summed E-state index contributed by atoms with van der Waals surface area (Å²) >= 11 is 0. The minimum Gasteiger partial charge on any atom is -0.434 e. The number of piperidine rings is 1. The summed E-state index contributed by atoms with van der Waals surface area (Å²) in [7, 11) is 0. The zero-order valence-corrected chi connectivity index (χ0v) is 12.2. The van der Waals surface area contributed by atoms with E-state index in [2.05, 4.69) is 10.1 Å². The van der Waals surface area contributed by atoms with Gasteiger partial charge in [0.25, 0.3) is 0 Å². The molecule has 0 spiro atoms. The molecule has 22 heavy (non-hydrogen) atoms. The van der Waals surface area contributed by atoms with Gasteiger partial charge in [-0.3, -0.25) is 0 Å². The molecule has 0 bridgehead atoms. The highest BCUT2D eigenvalue weighted by molar-refractivity contribution is 5.74. The van der Waals surface area contributed by atoms with Gasteiger partial charge in [-0.15, -0.1) is 0 Å². The summed E-state index contributed by atoms with van der Waals surface area (Å²) in [5, 5.41) is 11.9. The molecule has 1 unspecified atom stereocenters. The average molecular weight is 314 g/mol. The van der Waals surface area contributed by atoms with Crippen molar-refractivity contribution < 1.29 is 23.4 Å². The Morgan fingerprint density at radius 2 is 2.23 bits per heavy atom. The Morgan fingerprint density at radius 1 is 1.45 bits per heavy atom. The number of likely N-dealkylation sites (tertiary alicyclic amines) is 1.